The number of thioether (sulfide) groups is 1. The number of hydrogen-bond donors (Lipinski definition) is 1. The number of rotatable bonds is 7. The standard InChI is InChI=1S/C19H19N3O2S2/c1-3-9-22-18(24)15-10-13(2)26-17(15)21-19(22)25-12-16(23)20-11-14-7-5-4-6-8-14/h3-8,10H,1,9,11-12H2,2H3,(H,20,23). The third-order valence-corrected chi connectivity index (χ3v) is 5.64. The maximum atomic E-state index is 12.7. The molecule has 0 saturated heterocycles. The number of nitrogens with one attached hydrogen (secondary N) is 1. The van der Waals surface area contributed by atoms with E-state index in [2.05, 4.69) is 16.9 Å². The van der Waals surface area contributed by atoms with Crippen molar-refractivity contribution in [3.63, 3.8) is 0 Å². The van der Waals surface area contributed by atoms with E-state index < -0.39 is 0 Å². The SMILES string of the molecule is C=CCn1c(SCC(=O)NCc2ccccc2)nc2sc(C)cc2c1=O. The van der Waals surface area contributed by atoms with Crippen LogP contribution in [0.2, 0.25) is 0 Å². The van der Waals surface area contributed by atoms with Gasteiger partial charge in [0.2, 0.25) is 5.91 Å². The minimum atomic E-state index is -0.0966. The lowest BCUT2D eigenvalue weighted by atomic mass is 10.2. The van der Waals surface area contributed by atoms with Crippen molar-refractivity contribution < 1.29 is 4.79 Å². The molecule has 3 aromatic rings. The molecule has 2 heterocycles. The minimum Gasteiger partial charge on any atom is -0.351 e. The van der Waals surface area contributed by atoms with Gasteiger partial charge in [-0.25, -0.2) is 4.98 Å². The molecule has 1 aromatic carbocycles. The lowest BCUT2D eigenvalue weighted by molar-refractivity contribution is -0.118. The number of carbonyl (C=O) groups is 1. The second-order valence-corrected chi connectivity index (χ2v) is 7.90. The molecule has 134 valence electrons. The Hall–Kier alpha value is -2.38. The number of nitrogens with zero attached hydrogens (tertiary/aromatic N) is 2. The molecule has 0 aliphatic carbocycles. The molecule has 2 aromatic heterocycles. The molecule has 1 N–H and O–H groups in total. The highest BCUT2D eigenvalue weighted by Gasteiger charge is 2.14. The molecule has 0 atom stereocenters. The number of aryl methyl sites for hydroxylation is 1. The number of hydrogen-bond acceptors (Lipinski definition) is 5. The van der Waals surface area contributed by atoms with Crippen LogP contribution in [0, 0.1) is 6.92 Å². The highest BCUT2D eigenvalue weighted by Crippen LogP contribution is 2.24. The van der Waals surface area contributed by atoms with Gasteiger partial charge in [-0.1, -0.05) is 48.2 Å². The van der Waals surface area contributed by atoms with Crippen molar-refractivity contribution in [3.8, 4) is 0 Å². The van der Waals surface area contributed by atoms with Gasteiger partial charge in [0.1, 0.15) is 4.83 Å². The lowest BCUT2D eigenvalue weighted by Crippen LogP contribution is -2.26. The Bertz CT molecular complexity index is 993. The Labute approximate surface area is 159 Å². The predicted molar refractivity (Wildman–Crippen MR) is 108 cm³/mol. The summed E-state index contributed by atoms with van der Waals surface area (Å²) in [4.78, 5) is 31.2. The van der Waals surface area contributed by atoms with Gasteiger partial charge in [0.15, 0.2) is 5.16 Å². The van der Waals surface area contributed by atoms with Gasteiger partial charge in [0, 0.05) is 18.0 Å². The third kappa shape index (κ3) is 4.23. The molecule has 0 aliphatic rings. The summed E-state index contributed by atoms with van der Waals surface area (Å²) in [7, 11) is 0. The van der Waals surface area contributed by atoms with E-state index in [1.165, 1.54) is 23.1 Å². The van der Waals surface area contributed by atoms with Crippen molar-refractivity contribution in [3.05, 3.63) is 69.8 Å². The van der Waals surface area contributed by atoms with Crippen molar-refractivity contribution in [2.45, 2.75) is 25.2 Å². The first-order valence-corrected chi connectivity index (χ1v) is 9.94. The van der Waals surface area contributed by atoms with Gasteiger partial charge in [-0.05, 0) is 18.6 Å². The van der Waals surface area contributed by atoms with Crippen molar-refractivity contribution in [1.29, 1.82) is 0 Å². The highest BCUT2D eigenvalue weighted by molar-refractivity contribution is 7.99. The van der Waals surface area contributed by atoms with Crippen LogP contribution < -0.4 is 10.9 Å². The summed E-state index contributed by atoms with van der Waals surface area (Å²) in [5.41, 5.74) is 0.953. The maximum absolute atomic E-state index is 12.7. The summed E-state index contributed by atoms with van der Waals surface area (Å²) in [5.74, 6) is 0.104. The van der Waals surface area contributed by atoms with Gasteiger partial charge >= 0.3 is 0 Å². The number of amides is 1. The Balaban J connectivity index is 1.73. The van der Waals surface area contributed by atoms with E-state index in [0.29, 0.717) is 28.5 Å². The Morgan fingerprint density at radius 1 is 1.38 bits per heavy atom. The molecule has 3 rings (SSSR count). The van der Waals surface area contributed by atoms with E-state index >= 15 is 0 Å². The molecule has 0 spiro atoms. The third-order valence-electron chi connectivity index (χ3n) is 3.72. The van der Waals surface area contributed by atoms with Gasteiger partial charge in [-0.3, -0.25) is 14.2 Å². The molecular formula is C19H19N3O2S2. The van der Waals surface area contributed by atoms with Crippen LogP contribution in [0.15, 0.2) is 59.0 Å². The molecule has 5 nitrogen and oxygen atoms in total. The summed E-state index contributed by atoms with van der Waals surface area (Å²) in [6.07, 6.45) is 1.66. The van der Waals surface area contributed by atoms with Gasteiger partial charge in [-0.15, -0.1) is 17.9 Å². The predicted octanol–water partition coefficient (Wildman–Crippen LogP) is 3.36. The van der Waals surface area contributed by atoms with E-state index in [4.69, 9.17) is 0 Å². The Morgan fingerprint density at radius 3 is 2.88 bits per heavy atom. The Morgan fingerprint density at radius 2 is 2.15 bits per heavy atom. The van der Waals surface area contributed by atoms with Crippen molar-refractivity contribution >= 4 is 39.2 Å². The lowest BCUT2D eigenvalue weighted by Gasteiger charge is -2.10. The van der Waals surface area contributed by atoms with Crippen LogP contribution >= 0.6 is 23.1 Å². The van der Waals surface area contributed by atoms with Gasteiger partial charge in [-0.2, -0.15) is 0 Å². The molecule has 7 heteroatoms. The topological polar surface area (TPSA) is 64.0 Å². The number of fused-ring (bicyclic) bond motifs is 1. The zero-order chi connectivity index (χ0) is 18.5. The summed E-state index contributed by atoms with van der Waals surface area (Å²) >= 11 is 2.75. The van der Waals surface area contributed by atoms with Crippen LogP contribution in [0.25, 0.3) is 10.2 Å². The maximum Gasteiger partial charge on any atom is 0.263 e. The van der Waals surface area contributed by atoms with Crippen LogP contribution in [0.3, 0.4) is 0 Å². The summed E-state index contributed by atoms with van der Waals surface area (Å²) in [5, 5.41) is 4.04. The second-order valence-electron chi connectivity index (χ2n) is 5.73. The van der Waals surface area contributed by atoms with E-state index in [9.17, 15) is 9.59 Å². The van der Waals surface area contributed by atoms with E-state index in [-0.39, 0.29) is 17.2 Å². The fraction of sp³-hybridized carbons (Fsp3) is 0.211. The van der Waals surface area contributed by atoms with Crippen molar-refractivity contribution in [2.75, 3.05) is 5.75 Å². The summed E-state index contributed by atoms with van der Waals surface area (Å²) in [6.45, 7) is 6.51. The molecule has 0 fully saturated rings. The molecule has 0 bridgehead atoms. The van der Waals surface area contributed by atoms with E-state index in [1.807, 2.05) is 43.3 Å². The molecule has 1 amide bonds. The van der Waals surface area contributed by atoms with E-state index in [0.717, 1.165) is 10.4 Å². The molecule has 0 radical (unpaired) electrons. The van der Waals surface area contributed by atoms with E-state index in [1.54, 1.807) is 10.6 Å². The monoisotopic (exact) mass is 385 g/mol. The second kappa shape index (κ2) is 8.33. The van der Waals surface area contributed by atoms with Crippen LogP contribution in [0.5, 0.6) is 0 Å². The molecular weight excluding hydrogens is 366 g/mol. The van der Waals surface area contributed by atoms with Gasteiger partial charge < -0.3 is 5.32 Å². The average Bonchev–Trinajstić information content (AvgIpc) is 3.02. The van der Waals surface area contributed by atoms with Crippen LogP contribution in [0.4, 0.5) is 0 Å². The number of carbonyl (C=O) groups excluding carboxylic acids is 1. The van der Waals surface area contributed by atoms with Crippen molar-refractivity contribution in [1.82, 2.24) is 14.9 Å². The van der Waals surface area contributed by atoms with Gasteiger partial charge in [0.25, 0.3) is 5.56 Å². The largest absolute Gasteiger partial charge is 0.351 e. The first-order chi connectivity index (χ1) is 12.6. The van der Waals surface area contributed by atoms with Crippen LogP contribution in [-0.4, -0.2) is 21.2 Å². The zero-order valence-electron chi connectivity index (χ0n) is 14.4. The Kier molecular flexibility index (Phi) is 5.90. The van der Waals surface area contributed by atoms with Gasteiger partial charge in [0.05, 0.1) is 11.1 Å². The number of thiophene rings is 1. The fourth-order valence-electron chi connectivity index (χ4n) is 2.50. The smallest absolute Gasteiger partial charge is 0.263 e. The normalized spacial score (nSPS) is 10.8. The molecule has 26 heavy (non-hydrogen) atoms. The number of allylic oxidation sites excluding steroid dienone is 1. The quantitative estimate of drug-likeness (QED) is 0.385. The molecule has 0 unspecified atom stereocenters. The summed E-state index contributed by atoms with van der Waals surface area (Å²) < 4.78 is 1.57. The average molecular weight is 386 g/mol. The first kappa shape index (κ1) is 18.4. The minimum absolute atomic E-state index is 0.0913. The number of benzene rings is 1. The number of aromatic nitrogens is 2. The highest BCUT2D eigenvalue weighted by atomic mass is 32.2. The van der Waals surface area contributed by atoms with Crippen LogP contribution in [-0.2, 0) is 17.9 Å². The molecule has 0 aliphatic heterocycles. The van der Waals surface area contributed by atoms with Crippen molar-refractivity contribution in [2.24, 2.45) is 0 Å². The summed E-state index contributed by atoms with van der Waals surface area (Å²) in [6, 6.07) is 11.6. The zero-order valence-corrected chi connectivity index (χ0v) is 16.0. The first-order valence-electron chi connectivity index (χ1n) is 8.14. The van der Waals surface area contributed by atoms with Crippen LogP contribution in [0.1, 0.15) is 10.4 Å². The molecule has 0 saturated carbocycles. The fourth-order valence-corrected chi connectivity index (χ4v) is 4.25.